The molecule has 0 saturated carbocycles. The fraction of sp³-hybridized carbons (Fsp3) is 0.200. The van der Waals surface area contributed by atoms with Crippen molar-refractivity contribution >= 4 is 21.4 Å². The van der Waals surface area contributed by atoms with Gasteiger partial charge >= 0.3 is 0 Å². The summed E-state index contributed by atoms with van der Waals surface area (Å²) in [7, 11) is -3.59. The maximum absolute atomic E-state index is 12.3. The van der Waals surface area contributed by atoms with E-state index < -0.39 is 15.4 Å². The largest absolute Gasteiger partial charge is 0.384 e. The molecular weight excluding hydrogens is 296 g/mol. The van der Waals surface area contributed by atoms with Crippen LogP contribution < -0.4 is 0 Å². The van der Waals surface area contributed by atoms with Crippen molar-refractivity contribution in [2.24, 2.45) is 0 Å². The van der Waals surface area contributed by atoms with Crippen molar-refractivity contribution in [3.05, 3.63) is 65.2 Å². The van der Waals surface area contributed by atoms with Crippen LogP contribution in [0.3, 0.4) is 0 Å². The van der Waals surface area contributed by atoms with Crippen LogP contribution in [0.5, 0.6) is 0 Å². The Hall–Kier alpha value is -1.36. The Balaban J connectivity index is 2.30. The highest BCUT2D eigenvalue weighted by atomic mass is 35.5. The molecule has 0 bridgehead atoms. The Morgan fingerprint density at radius 3 is 2.15 bits per heavy atom. The van der Waals surface area contributed by atoms with Crippen molar-refractivity contribution in [2.75, 3.05) is 5.75 Å². The predicted molar refractivity (Wildman–Crippen MR) is 79.5 cm³/mol. The summed E-state index contributed by atoms with van der Waals surface area (Å²) in [6, 6.07) is 14.7. The molecule has 0 aliphatic rings. The second-order valence-corrected chi connectivity index (χ2v) is 7.28. The molecule has 3 nitrogen and oxygen atoms in total. The average Bonchev–Trinajstić information content (AvgIpc) is 2.39. The molecule has 0 aromatic heterocycles. The number of hydrogen-bond acceptors (Lipinski definition) is 3. The van der Waals surface area contributed by atoms with E-state index >= 15 is 0 Å². The van der Waals surface area contributed by atoms with E-state index in [4.69, 9.17) is 11.6 Å². The summed E-state index contributed by atoms with van der Waals surface area (Å²) >= 11 is 5.75. The standard InChI is InChI=1S/C15H15ClO3S/c1-15(17,12-5-3-2-4-6-12)11-20(18,19)14-9-7-13(16)8-10-14/h2-10,17H,11H2,1H3. The van der Waals surface area contributed by atoms with Gasteiger partial charge in [-0.2, -0.15) is 0 Å². The molecule has 0 aliphatic heterocycles. The first-order valence-corrected chi connectivity index (χ1v) is 8.10. The van der Waals surface area contributed by atoms with Gasteiger partial charge in [-0.3, -0.25) is 0 Å². The van der Waals surface area contributed by atoms with Gasteiger partial charge in [0.25, 0.3) is 0 Å². The molecule has 2 aromatic carbocycles. The molecule has 0 spiro atoms. The molecule has 0 aliphatic carbocycles. The SMILES string of the molecule is CC(O)(CS(=O)(=O)c1ccc(Cl)cc1)c1ccccc1. The van der Waals surface area contributed by atoms with Gasteiger partial charge in [0.05, 0.1) is 10.6 Å². The van der Waals surface area contributed by atoms with Gasteiger partial charge in [-0.25, -0.2) is 8.42 Å². The minimum Gasteiger partial charge on any atom is -0.384 e. The summed E-state index contributed by atoms with van der Waals surface area (Å²) in [6.07, 6.45) is 0. The number of hydrogen-bond donors (Lipinski definition) is 1. The summed E-state index contributed by atoms with van der Waals surface area (Å²) < 4.78 is 24.7. The van der Waals surface area contributed by atoms with Gasteiger partial charge in [0.15, 0.2) is 9.84 Å². The molecule has 5 heteroatoms. The summed E-state index contributed by atoms with van der Waals surface area (Å²) in [5, 5.41) is 10.9. The molecule has 0 saturated heterocycles. The second-order valence-electron chi connectivity index (χ2n) is 4.85. The molecule has 106 valence electrons. The Morgan fingerprint density at radius 2 is 1.60 bits per heavy atom. The monoisotopic (exact) mass is 310 g/mol. The smallest absolute Gasteiger partial charge is 0.181 e. The molecule has 1 unspecified atom stereocenters. The number of halogens is 1. The summed E-state index contributed by atoms with van der Waals surface area (Å²) in [6.45, 7) is 1.50. The van der Waals surface area contributed by atoms with Crippen molar-refractivity contribution < 1.29 is 13.5 Å². The highest BCUT2D eigenvalue weighted by molar-refractivity contribution is 7.91. The Labute approximate surface area is 123 Å². The molecule has 20 heavy (non-hydrogen) atoms. The lowest BCUT2D eigenvalue weighted by molar-refractivity contribution is 0.0819. The highest BCUT2D eigenvalue weighted by Gasteiger charge is 2.31. The van der Waals surface area contributed by atoms with Crippen LogP contribution in [0.2, 0.25) is 5.02 Å². The second kappa shape index (κ2) is 5.56. The molecule has 2 aromatic rings. The minimum atomic E-state index is -3.59. The van der Waals surface area contributed by atoms with E-state index in [1.54, 1.807) is 24.3 Å². The van der Waals surface area contributed by atoms with Gasteiger partial charge in [0, 0.05) is 5.02 Å². The zero-order valence-corrected chi connectivity index (χ0v) is 12.5. The fourth-order valence-corrected chi connectivity index (χ4v) is 3.73. The number of aliphatic hydroxyl groups is 1. The summed E-state index contributed by atoms with van der Waals surface area (Å²) in [5.41, 5.74) is -0.878. The zero-order chi connectivity index (χ0) is 14.8. The van der Waals surface area contributed by atoms with Gasteiger partial charge < -0.3 is 5.11 Å². The maximum Gasteiger partial charge on any atom is 0.181 e. The molecule has 0 heterocycles. The van der Waals surface area contributed by atoms with Crippen LogP contribution in [0.1, 0.15) is 12.5 Å². The van der Waals surface area contributed by atoms with E-state index in [1.807, 2.05) is 6.07 Å². The lowest BCUT2D eigenvalue weighted by atomic mass is 9.99. The topological polar surface area (TPSA) is 54.4 Å². The fourth-order valence-electron chi connectivity index (χ4n) is 1.98. The lowest BCUT2D eigenvalue weighted by Gasteiger charge is -2.23. The summed E-state index contributed by atoms with van der Waals surface area (Å²) in [5.74, 6) is -0.383. The Morgan fingerprint density at radius 1 is 1.05 bits per heavy atom. The minimum absolute atomic E-state index is 0.151. The molecule has 0 amide bonds. The van der Waals surface area contributed by atoms with Crippen LogP contribution in [-0.2, 0) is 15.4 Å². The summed E-state index contributed by atoms with van der Waals surface area (Å²) in [4.78, 5) is 0.151. The zero-order valence-electron chi connectivity index (χ0n) is 11.0. The normalized spacial score (nSPS) is 14.8. The van der Waals surface area contributed by atoms with Crippen LogP contribution in [0, 0.1) is 0 Å². The van der Waals surface area contributed by atoms with E-state index in [2.05, 4.69) is 0 Å². The van der Waals surface area contributed by atoms with Gasteiger partial charge in [-0.15, -0.1) is 0 Å². The van der Waals surface area contributed by atoms with Gasteiger partial charge in [-0.05, 0) is 36.8 Å². The maximum atomic E-state index is 12.3. The predicted octanol–water partition coefficient (Wildman–Crippen LogP) is 3.02. The first kappa shape index (κ1) is 15.0. The van der Waals surface area contributed by atoms with Crippen LogP contribution in [-0.4, -0.2) is 19.3 Å². The van der Waals surface area contributed by atoms with Crippen LogP contribution >= 0.6 is 11.6 Å². The molecule has 1 atom stereocenters. The van der Waals surface area contributed by atoms with Crippen molar-refractivity contribution in [2.45, 2.75) is 17.4 Å². The average molecular weight is 311 g/mol. The molecule has 0 fully saturated rings. The van der Waals surface area contributed by atoms with Crippen molar-refractivity contribution in [1.29, 1.82) is 0 Å². The molecule has 0 radical (unpaired) electrons. The first-order valence-electron chi connectivity index (χ1n) is 6.07. The van der Waals surface area contributed by atoms with Crippen LogP contribution in [0.15, 0.2) is 59.5 Å². The number of sulfone groups is 1. The third-order valence-electron chi connectivity index (χ3n) is 3.04. The van der Waals surface area contributed by atoms with Gasteiger partial charge in [0.2, 0.25) is 0 Å². The highest BCUT2D eigenvalue weighted by Crippen LogP contribution is 2.26. The van der Waals surface area contributed by atoms with E-state index in [0.717, 1.165) is 0 Å². The van der Waals surface area contributed by atoms with E-state index in [0.29, 0.717) is 10.6 Å². The van der Waals surface area contributed by atoms with Crippen LogP contribution in [0.25, 0.3) is 0 Å². The molecule has 1 N–H and O–H groups in total. The lowest BCUT2D eigenvalue weighted by Crippen LogP contribution is -2.31. The van der Waals surface area contributed by atoms with Crippen LogP contribution in [0.4, 0.5) is 0 Å². The molecule has 2 rings (SSSR count). The quantitative estimate of drug-likeness (QED) is 0.944. The van der Waals surface area contributed by atoms with Gasteiger partial charge in [-0.1, -0.05) is 41.9 Å². The van der Waals surface area contributed by atoms with E-state index in [-0.39, 0.29) is 10.6 Å². The van der Waals surface area contributed by atoms with Gasteiger partial charge in [0.1, 0.15) is 5.60 Å². The molecular formula is C15H15ClO3S. The Bertz CT molecular complexity index is 677. The third kappa shape index (κ3) is 3.39. The van der Waals surface area contributed by atoms with Crippen molar-refractivity contribution in [3.8, 4) is 0 Å². The first-order chi connectivity index (χ1) is 9.31. The van der Waals surface area contributed by atoms with E-state index in [1.165, 1.54) is 31.2 Å². The Kier molecular flexibility index (Phi) is 4.18. The number of rotatable bonds is 4. The number of benzene rings is 2. The van der Waals surface area contributed by atoms with Crippen molar-refractivity contribution in [3.63, 3.8) is 0 Å². The van der Waals surface area contributed by atoms with E-state index in [9.17, 15) is 13.5 Å². The van der Waals surface area contributed by atoms with Crippen molar-refractivity contribution in [1.82, 2.24) is 0 Å². The third-order valence-corrected chi connectivity index (χ3v) is 5.22.